The molecule has 140 valence electrons. The number of H-pyrrole nitrogens is 1. The number of rotatable bonds is 4. The zero-order chi connectivity index (χ0) is 19.0. The van der Waals surface area contributed by atoms with Gasteiger partial charge in [-0.05, 0) is 18.9 Å². The summed E-state index contributed by atoms with van der Waals surface area (Å²) >= 11 is 6.02. The van der Waals surface area contributed by atoms with Gasteiger partial charge in [0.25, 0.3) is 0 Å². The van der Waals surface area contributed by atoms with E-state index < -0.39 is 17.7 Å². The van der Waals surface area contributed by atoms with Crippen LogP contribution in [0.1, 0.15) is 25.7 Å². The molecule has 3 aromatic heterocycles. The number of pyridine rings is 1. The normalized spacial score (nSPS) is 19.9. The Balaban J connectivity index is 1.69. The molecule has 1 unspecified atom stereocenters. The molecule has 7 nitrogen and oxygen atoms in total. The quantitative estimate of drug-likeness (QED) is 0.625. The van der Waals surface area contributed by atoms with E-state index in [1.165, 1.54) is 6.20 Å². The second-order valence-electron chi connectivity index (χ2n) is 6.62. The summed E-state index contributed by atoms with van der Waals surface area (Å²) in [6, 6.07) is 1.37. The van der Waals surface area contributed by atoms with Gasteiger partial charge in [0.15, 0.2) is 17.5 Å². The topological polar surface area (TPSA) is 104 Å². The van der Waals surface area contributed by atoms with Crippen molar-refractivity contribution in [2.24, 2.45) is 5.92 Å². The molecule has 4 rings (SSSR count). The predicted molar refractivity (Wildman–Crippen MR) is 99.1 cm³/mol. The van der Waals surface area contributed by atoms with Gasteiger partial charge in [0.1, 0.15) is 5.65 Å². The molecule has 0 bridgehead atoms. The first-order chi connectivity index (χ1) is 13.0. The van der Waals surface area contributed by atoms with Gasteiger partial charge in [-0.25, -0.2) is 19.3 Å². The summed E-state index contributed by atoms with van der Waals surface area (Å²) in [4.78, 5) is 27.1. The number of hydrogen-bond donors (Lipinski definition) is 3. The molecule has 3 heterocycles. The number of halogens is 2. The third kappa shape index (κ3) is 3.44. The number of aromatic nitrogens is 4. The minimum absolute atomic E-state index is 0.00230. The molecule has 1 saturated carbocycles. The number of aromatic amines is 1. The fraction of sp³-hybridized carbons (Fsp3) is 0.333. The van der Waals surface area contributed by atoms with Crippen LogP contribution >= 0.6 is 11.6 Å². The van der Waals surface area contributed by atoms with E-state index in [1.54, 1.807) is 12.3 Å². The monoisotopic (exact) mass is 389 g/mol. The standard InChI is InChI=1S/C18H17ClFN5O2/c19-9-5-11-12(7-22-15(11)21-6-9)16-23-8-13(20)17(25-16)24-14-4-2-1-3-10(14)18(26)27/h5-8,10,14H,1-4H2,(H,21,22)(H,26,27)(H,23,24,25)/t10-,14?/m0/s1. The summed E-state index contributed by atoms with van der Waals surface area (Å²) in [6.45, 7) is 0. The van der Waals surface area contributed by atoms with Crippen molar-refractivity contribution < 1.29 is 14.3 Å². The Morgan fingerprint density at radius 3 is 2.93 bits per heavy atom. The number of fused-ring (bicyclic) bond motifs is 1. The summed E-state index contributed by atoms with van der Waals surface area (Å²) in [6.07, 6.45) is 7.27. The largest absolute Gasteiger partial charge is 0.481 e. The minimum Gasteiger partial charge on any atom is -0.481 e. The summed E-state index contributed by atoms with van der Waals surface area (Å²) in [5.74, 6) is -1.75. The van der Waals surface area contributed by atoms with E-state index in [2.05, 4.69) is 25.3 Å². The first kappa shape index (κ1) is 17.7. The van der Waals surface area contributed by atoms with Crippen LogP contribution in [0.25, 0.3) is 22.4 Å². The molecule has 0 radical (unpaired) electrons. The Kier molecular flexibility index (Phi) is 4.65. The van der Waals surface area contributed by atoms with Gasteiger partial charge in [0.05, 0.1) is 17.1 Å². The van der Waals surface area contributed by atoms with E-state index in [1.807, 2.05) is 0 Å². The van der Waals surface area contributed by atoms with Crippen molar-refractivity contribution in [2.75, 3.05) is 5.32 Å². The van der Waals surface area contributed by atoms with Crippen LogP contribution in [0.4, 0.5) is 10.2 Å². The SMILES string of the molecule is O=C(O)[C@H]1CCCCC1Nc1nc(-c2c[nH]c3ncc(Cl)cc23)ncc1F. The van der Waals surface area contributed by atoms with Crippen LogP contribution < -0.4 is 5.32 Å². The van der Waals surface area contributed by atoms with E-state index in [0.717, 1.165) is 24.4 Å². The van der Waals surface area contributed by atoms with Gasteiger partial charge in [0, 0.05) is 29.4 Å². The molecular weight excluding hydrogens is 373 g/mol. The lowest BCUT2D eigenvalue weighted by Crippen LogP contribution is -2.37. The second-order valence-corrected chi connectivity index (χ2v) is 7.06. The number of carboxylic acid groups (broad SMARTS) is 1. The van der Waals surface area contributed by atoms with Crippen molar-refractivity contribution in [3.8, 4) is 11.4 Å². The molecule has 2 atom stereocenters. The zero-order valence-corrected chi connectivity index (χ0v) is 15.0. The maximum Gasteiger partial charge on any atom is 0.308 e. The number of carbonyl (C=O) groups is 1. The van der Waals surface area contributed by atoms with Crippen molar-refractivity contribution in [3.63, 3.8) is 0 Å². The van der Waals surface area contributed by atoms with Crippen LogP contribution in [0.5, 0.6) is 0 Å². The number of nitrogens with one attached hydrogen (secondary N) is 2. The lowest BCUT2D eigenvalue weighted by atomic mass is 9.84. The fourth-order valence-electron chi connectivity index (χ4n) is 3.54. The van der Waals surface area contributed by atoms with Gasteiger partial charge in [-0.15, -0.1) is 0 Å². The number of aliphatic carboxylic acids is 1. The highest BCUT2D eigenvalue weighted by Crippen LogP contribution is 2.30. The molecule has 0 saturated heterocycles. The maximum absolute atomic E-state index is 14.3. The molecule has 27 heavy (non-hydrogen) atoms. The molecule has 0 aliphatic heterocycles. The molecule has 0 aromatic carbocycles. The molecular formula is C18H17ClFN5O2. The highest BCUT2D eigenvalue weighted by atomic mass is 35.5. The Labute approximate surface area is 159 Å². The van der Waals surface area contributed by atoms with Crippen molar-refractivity contribution in [1.82, 2.24) is 19.9 Å². The van der Waals surface area contributed by atoms with Crippen LogP contribution in [0.3, 0.4) is 0 Å². The molecule has 1 aliphatic carbocycles. The van der Waals surface area contributed by atoms with Gasteiger partial charge < -0.3 is 15.4 Å². The highest BCUT2D eigenvalue weighted by molar-refractivity contribution is 6.31. The van der Waals surface area contributed by atoms with Crippen molar-refractivity contribution in [2.45, 2.75) is 31.7 Å². The van der Waals surface area contributed by atoms with Crippen molar-refractivity contribution >= 4 is 34.4 Å². The van der Waals surface area contributed by atoms with Crippen LogP contribution in [-0.4, -0.2) is 37.1 Å². The van der Waals surface area contributed by atoms with Crippen molar-refractivity contribution in [3.05, 3.63) is 35.5 Å². The summed E-state index contributed by atoms with van der Waals surface area (Å²) in [5.41, 5.74) is 1.26. The molecule has 3 aromatic rings. The first-order valence-corrected chi connectivity index (χ1v) is 9.05. The first-order valence-electron chi connectivity index (χ1n) is 8.68. The van der Waals surface area contributed by atoms with Gasteiger partial charge in [0.2, 0.25) is 0 Å². The van der Waals surface area contributed by atoms with Gasteiger partial charge in [-0.2, -0.15) is 0 Å². The van der Waals surface area contributed by atoms with Gasteiger partial charge in [-0.3, -0.25) is 4.79 Å². The number of nitrogens with zero attached hydrogens (tertiary/aromatic N) is 3. The predicted octanol–water partition coefficient (Wildman–Crippen LogP) is 3.87. The highest BCUT2D eigenvalue weighted by Gasteiger charge is 2.31. The summed E-state index contributed by atoms with van der Waals surface area (Å²) in [7, 11) is 0. The number of anilines is 1. The lowest BCUT2D eigenvalue weighted by Gasteiger charge is -2.29. The van der Waals surface area contributed by atoms with Crippen LogP contribution in [0.2, 0.25) is 5.02 Å². The van der Waals surface area contributed by atoms with Crippen molar-refractivity contribution in [1.29, 1.82) is 0 Å². The van der Waals surface area contributed by atoms with E-state index in [9.17, 15) is 14.3 Å². The lowest BCUT2D eigenvalue weighted by molar-refractivity contribution is -0.143. The van der Waals surface area contributed by atoms with E-state index >= 15 is 0 Å². The molecule has 9 heteroatoms. The van der Waals surface area contributed by atoms with Crippen LogP contribution in [-0.2, 0) is 4.79 Å². The average Bonchev–Trinajstić information content (AvgIpc) is 3.07. The molecule has 0 spiro atoms. The summed E-state index contributed by atoms with van der Waals surface area (Å²) in [5, 5.41) is 13.6. The van der Waals surface area contributed by atoms with Crippen LogP contribution in [0, 0.1) is 11.7 Å². The smallest absolute Gasteiger partial charge is 0.308 e. The zero-order valence-electron chi connectivity index (χ0n) is 14.2. The Hall–Kier alpha value is -2.74. The Bertz CT molecular complexity index is 1010. The van der Waals surface area contributed by atoms with Gasteiger partial charge in [-0.1, -0.05) is 24.4 Å². The van der Waals surface area contributed by atoms with E-state index in [0.29, 0.717) is 34.9 Å². The number of hydrogen-bond acceptors (Lipinski definition) is 5. The Morgan fingerprint density at radius 1 is 1.30 bits per heavy atom. The summed E-state index contributed by atoms with van der Waals surface area (Å²) < 4.78 is 14.3. The van der Waals surface area contributed by atoms with Crippen LogP contribution in [0.15, 0.2) is 24.7 Å². The third-order valence-electron chi connectivity index (χ3n) is 4.89. The second kappa shape index (κ2) is 7.11. The average molecular weight is 390 g/mol. The Morgan fingerprint density at radius 2 is 2.11 bits per heavy atom. The minimum atomic E-state index is -0.876. The number of carboxylic acids is 1. The molecule has 3 N–H and O–H groups in total. The molecule has 0 amide bonds. The fourth-order valence-corrected chi connectivity index (χ4v) is 3.69. The van der Waals surface area contributed by atoms with E-state index in [4.69, 9.17) is 11.6 Å². The van der Waals surface area contributed by atoms with Gasteiger partial charge >= 0.3 is 5.97 Å². The molecule has 1 aliphatic rings. The third-order valence-corrected chi connectivity index (χ3v) is 5.09. The maximum atomic E-state index is 14.3. The molecule has 1 fully saturated rings. The van der Waals surface area contributed by atoms with E-state index in [-0.39, 0.29) is 11.9 Å².